The summed E-state index contributed by atoms with van der Waals surface area (Å²) in [5.41, 5.74) is 12.7. The first-order valence-electron chi connectivity index (χ1n) is 13.9. The standard InChI is InChI=1S/C36H21N5/c1-2-7-22(8-3-1)40-29-11-5-4-9-26(29)34-31(40)15-12-21-19-27-24(32(21)34)14-13-23-25-10-6-17-38-35(25)41-30-16-18-37-20-28(30)39-36(41)33(23)27/h1-18,20H,19H2. The summed E-state index contributed by atoms with van der Waals surface area (Å²) in [4.78, 5) is 14.3. The Bertz CT molecular complexity index is 2550. The molecular formula is C36H21N5. The fourth-order valence-corrected chi connectivity index (χ4v) is 7.25. The van der Waals surface area contributed by atoms with E-state index in [2.05, 4.69) is 98.9 Å². The van der Waals surface area contributed by atoms with Gasteiger partial charge in [0.25, 0.3) is 0 Å². The van der Waals surface area contributed by atoms with Gasteiger partial charge in [-0.25, -0.2) is 9.97 Å². The molecule has 5 heteroatoms. The summed E-state index contributed by atoms with van der Waals surface area (Å²) in [6.07, 6.45) is 6.41. The van der Waals surface area contributed by atoms with Crippen molar-refractivity contribution in [1.29, 1.82) is 0 Å². The summed E-state index contributed by atoms with van der Waals surface area (Å²) in [6.45, 7) is 0. The fraction of sp³-hybridized carbons (Fsp3) is 0.0278. The molecule has 0 atom stereocenters. The van der Waals surface area contributed by atoms with Crippen LogP contribution in [0.25, 0.3) is 77.1 Å². The van der Waals surface area contributed by atoms with E-state index in [1.165, 1.54) is 60.5 Å². The maximum atomic E-state index is 5.15. The Labute approximate surface area is 234 Å². The minimum absolute atomic E-state index is 0.867. The Morgan fingerprint density at radius 3 is 2.44 bits per heavy atom. The maximum absolute atomic E-state index is 5.15. The Balaban J connectivity index is 1.38. The molecule has 4 aromatic carbocycles. The lowest BCUT2D eigenvalue weighted by molar-refractivity contribution is 1.18. The van der Waals surface area contributed by atoms with Crippen molar-refractivity contribution in [3.8, 4) is 16.8 Å². The van der Waals surface area contributed by atoms with Gasteiger partial charge in [0, 0.05) is 39.6 Å². The van der Waals surface area contributed by atoms with Crippen molar-refractivity contribution in [3.63, 3.8) is 0 Å². The van der Waals surface area contributed by atoms with E-state index in [9.17, 15) is 0 Å². The third kappa shape index (κ3) is 2.63. The first-order valence-corrected chi connectivity index (χ1v) is 13.9. The highest BCUT2D eigenvalue weighted by atomic mass is 15.1. The molecule has 10 rings (SSSR count). The zero-order valence-electron chi connectivity index (χ0n) is 21.9. The fourth-order valence-electron chi connectivity index (χ4n) is 7.25. The van der Waals surface area contributed by atoms with E-state index in [-0.39, 0.29) is 0 Å². The van der Waals surface area contributed by atoms with Crippen molar-refractivity contribution in [3.05, 3.63) is 127 Å². The van der Waals surface area contributed by atoms with Crippen LogP contribution in [0.2, 0.25) is 0 Å². The van der Waals surface area contributed by atoms with E-state index in [1.54, 1.807) is 0 Å². The molecule has 9 aromatic rings. The molecule has 0 saturated carbocycles. The monoisotopic (exact) mass is 523 g/mol. The second kappa shape index (κ2) is 7.55. The lowest BCUT2D eigenvalue weighted by atomic mass is 9.96. The average molecular weight is 524 g/mol. The van der Waals surface area contributed by atoms with Crippen LogP contribution in [0, 0.1) is 0 Å². The van der Waals surface area contributed by atoms with Crippen molar-refractivity contribution >= 4 is 60.3 Å². The van der Waals surface area contributed by atoms with Gasteiger partial charge in [-0.05, 0) is 76.5 Å². The third-order valence-electron chi connectivity index (χ3n) is 8.86. The van der Waals surface area contributed by atoms with Gasteiger partial charge in [0.15, 0.2) is 0 Å². The van der Waals surface area contributed by atoms with Gasteiger partial charge >= 0.3 is 0 Å². The summed E-state index contributed by atoms with van der Waals surface area (Å²) >= 11 is 0. The molecule has 0 saturated heterocycles. The third-order valence-corrected chi connectivity index (χ3v) is 8.86. The van der Waals surface area contributed by atoms with Gasteiger partial charge < -0.3 is 4.57 Å². The smallest absolute Gasteiger partial charge is 0.147 e. The average Bonchev–Trinajstić information content (AvgIpc) is 3.71. The van der Waals surface area contributed by atoms with Gasteiger partial charge in [0.05, 0.1) is 22.7 Å². The van der Waals surface area contributed by atoms with Crippen LogP contribution < -0.4 is 0 Å². The number of hydrogen-bond acceptors (Lipinski definition) is 3. The SMILES string of the molecule is c1ccc(-n2c3ccccc3c3c4c(ccc32)Cc2c-4ccc3c4cccnc4n4c5ccncc5nc4c23)cc1. The second-order valence-electron chi connectivity index (χ2n) is 10.9. The Kier molecular flexibility index (Phi) is 3.92. The first kappa shape index (κ1) is 21.3. The van der Waals surface area contributed by atoms with E-state index < -0.39 is 0 Å². The molecule has 0 spiro atoms. The molecule has 0 bridgehead atoms. The number of hydrogen-bond donors (Lipinski definition) is 0. The first-order chi connectivity index (χ1) is 20.4. The molecule has 5 heterocycles. The zero-order valence-corrected chi connectivity index (χ0v) is 21.9. The van der Waals surface area contributed by atoms with Gasteiger partial charge in [-0.15, -0.1) is 0 Å². The van der Waals surface area contributed by atoms with E-state index >= 15 is 0 Å². The molecule has 190 valence electrons. The Morgan fingerprint density at radius 1 is 0.610 bits per heavy atom. The van der Waals surface area contributed by atoms with Crippen LogP contribution in [0.1, 0.15) is 11.1 Å². The summed E-state index contributed by atoms with van der Waals surface area (Å²) in [5, 5.41) is 6.13. The summed E-state index contributed by atoms with van der Waals surface area (Å²) < 4.78 is 4.62. The van der Waals surface area contributed by atoms with Gasteiger partial charge in [-0.3, -0.25) is 9.38 Å². The molecule has 5 aromatic heterocycles. The number of imidazole rings is 1. The molecule has 0 aliphatic heterocycles. The molecule has 1 aliphatic rings. The highest BCUT2D eigenvalue weighted by Crippen LogP contribution is 2.49. The second-order valence-corrected chi connectivity index (χ2v) is 10.9. The number of benzene rings is 4. The van der Waals surface area contributed by atoms with Crippen LogP contribution in [0.4, 0.5) is 0 Å². The van der Waals surface area contributed by atoms with Crippen molar-refractivity contribution in [2.45, 2.75) is 6.42 Å². The summed E-state index contributed by atoms with van der Waals surface area (Å²) in [7, 11) is 0. The normalized spacial score (nSPS) is 12.8. The van der Waals surface area contributed by atoms with Crippen molar-refractivity contribution in [2.24, 2.45) is 0 Å². The summed E-state index contributed by atoms with van der Waals surface area (Å²) in [5.74, 6) is 0. The minimum atomic E-state index is 0.867. The number of rotatable bonds is 1. The van der Waals surface area contributed by atoms with E-state index in [4.69, 9.17) is 9.97 Å². The van der Waals surface area contributed by atoms with Crippen LogP contribution in [0.3, 0.4) is 0 Å². The van der Waals surface area contributed by atoms with Crippen molar-refractivity contribution in [2.75, 3.05) is 0 Å². The number of aromatic nitrogens is 5. The van der Waals surface area contributed by atoms with Crippen LogP contribution in [-0.4, -0.2) is 23.9 Å². The lowest BCUT2D eigenvalue weighted by Gasteiger charge is -2.12. The molecular weight excluding hydrogens is 502 g/mol. The van der Waals surface area contributed by atoms with E-state index in [0.717, 1.165) is 34.1 Å². The molecule has 41 heavy (non-hydrogen) atoms. The highest BCUT2D eigenvalue weighted by Gasteiger charge is 2.28. The zero-order chi connectivity index (χ0) is 26.7. The van der Waals surface area contributed by atoms with Gasteiger partial charge in [0.2, 0.25) is 0 Å². The van der Waals surface area contributed by atoms with Crippen molar-refractivity contribution < 1.29 is 0 Å². The van der Waals surface area contributed by atoms with Crippen LogP contribution in [0.5, 0.6) is 0 Å². The topological polar surface area (TPSA) is 48.0 Å². The largest absolute Gasteiger partial charge is 0.309 e. The molecule has 0 fully saturated rings. The number of para-hydroxylation sites is 2. The molecule has 0 amide bonds. The molecule has 0 unspecified atom stereocenters. The number of pyridine rings is 3. The number of fused-ring (bicyclic) bond motifs is 16. The summed E-state index contributed by atoms with van der Waals surface area (Å²) in [6, 6.07) is 34.9. The predicted molar refractivity (Wildman–Crippen MR) is 166 cm³/mol. The van der Waals surface area contributed by atoms with Gasteiger partial charge in [-0.2, -0.15) is 0 Å². The molecule has 5 nitrogen and oxygen atoms in total. The lowest BCUT2D eigenvalue weighted by Crippen LogP contribution is -1.96. The predicted octanol–water partition coefficient (Wildman–Crippen LogP) is 8.25. The number of nitrogens with zero attached hydrogens (tertiary/aromatic N) is 5. The quantitative estimate of drug-likeness (QED) is 0.204. The minimum Gasteiger partial charge on any atom is -0.309 e. The van der Waals surface area contributed by atoms with Crippen LogP contribution in [-0.2, 0) is 6.42 Å². The molecule has 1 aliphatic carbocycles. The van der Waals surface area contributed by atoms with Gasteiger partial charge in [0.1, 0.15) is 16.8 Å². The van der Waals surface area contributed by atoms with E-state index in [0.29, 0.717) is 0 Å². The van der Waals surface area contributed by atoms with Gasteiger partial charge in [-0.1, -0.05) is 54.6 Å². The maximum Gasteiger partial charge on any atom is 0.147 e. The van der Waals surface area contributed by atoms with Crippen LogP contribution >= 0.6 is 0 Å². The Morgan fingerprint density at radius 2 is 1.49 bits per heavy atom. The highest BCUT2D eigenvalue weighted by molar-refractivity contribution is 6.21. The molecule has 0 radical (unpaired) electrons. The van der Waals surface area contributed by atoms with Crippen molar-refractivity contribution in [1.82, 2.24) is 23.9 Å². The van der Waals surface area contributed by atoms with Crippen LogP contribution in [0.15, 0.2) is 116 Å². The van der Waals surface area contributed by atoms with E-state index in [1.807, 2.05) is 30.7 Å². The Hall–Kier alpha value is -5.55. The molecule has 0 N–H and O–H groups in total.